The van der Waals surface area contributed by atoms with Gasteiger partial charge in [-0.15, -0.1) is 0 Å². The van der Waals surface area contributed by atoms with Crippen LogP contribution in [-0.2, 0) is 6.42 Å². The average molecular weight is 138 g/mol. The summed E-state index contributed by atoms with van der Waals surface area (Å²) in [5.41, 5.74) is 0.824. The van der Waals surface area contributed by atoms with Crippen molar-refractivity contribution in [2.75, 3.05) is 0 Å². The molecule has 0 spiro atoms. The molecule has 0 aliphatic heterocycles. The molecule has 0 amide bonds. The van der Waals surface area contributed by atoms with Crippen molar-refractivity contribution in [1.82, 2.24) is 0 Å². The van der Waals surface area contributed by atoms with Gasteiger partial charge in [-0.2, -0.15) is 0 Å². The van der Waals surface area contributed by atoms with Crippen molar-refractivity contribution in [3.8, 4) is 0 Å². The van der Waals surface area contributed by atoms with Gasteiger partial charge in [0, 0.05) is 0 Å². The van der Waals surface area contributed by atoms with Crippen LogP contribution >= 0.6 is 0 Å². The molecule has 0 saturated carbocycles. The van der Waals surface area contributed by atoms with Crippen LogP contribution in [0.3, 0.4) is 0 Å². The number of hydrogen-bond donors (Lipinski definition) is 0. The Bertz CT molecular complexity index is 206. The number of aryl methyl sites for hydroxylation is 1. The zero-order chi connectivity index (χ0) is 7.40. The Hall–Kier alpha value is -0.850. The van der Waals surface area contributed by atoms with E-state index in [0.717, 1.165) is 18.4 Å². The van der Waals surface area contributed by atoms with E-state index in [-0.39, 0.29) is 5.82 Å². The third-order valence-electron chi connectivity index (χ3n) is 1.48. The van der Waals surface area contributed by atoms with Crippen LogP contribution in [0.2, 0.25) is 0 Å². The maximum Gasteiger partial charge on any atom is 0.126 e. The Morgan fingerprint density at radius 2 is 2.00 bits per heavy atom. The first-order chi connectivity index (χ1) is 4.84. The molecule has 54 valence electrons. The molecule has 0 atom stereocenters. The van der Waals surface area contributed by atoms with Crippen molar-refractivity contribution in [1.29, 1.82) is 0 Å². The van der Waals surface area contributed by atoms with Gasteiger partial charge in [0.05, 0.1) is 0 Å². The molecule has 0 unspecified atom stereocenters. The van der Waals surface area contributed by atoms with Gasteiger partial charge in [0.15, 0.2) is 0 Å². The summed E-state index contributed by atoms with van der Waals surface area (Å²) in [6.45, 7) is 2.05. The van der Waals surface area contributed by atoms with Crippen molar-refractivity contribution in [2.24, 2.45) is 0 Å². The molecule has 0 nitrogen and oxygen atoms in total. The fraction of sp³-hybridized carbons (Fsp3) is 0.333. The molecule has 0 heterocycles. The molecule has 0 bridgehead atoms. The highest BCUT2D eigenvalue weighted by atomic mass is 19.1. The van der Waals surface area contributed by atoms with Crippen LogP contribution < -0.4 is 0 Å². The SMILES string of the molecule is CCCc1ccccc1F. The van der Waals surface area contributed by atoms with Gasteiger partial charge in [-0.05, 0) is 18.1 Å². The second-order valence-corrected chi connectivity index (χ2v) is 2.34. The third kappa shape index (κ3) is 1.56. The number of benzene rings is 1. The monoisotopic (exact) mass is 138 g/mol. The fourth-order valence-corrected chi connectivity index (χ4v) is 0.970. The molecule has 10 heavy (non-hydrogen) atoms. The number of halogens is 1. The highest BCUT2D eigenvalue weighted by Crippen LogP contribution is 2.07. The van der Waals surface area contributed by atoms with E-state index in [1.807, 2.05) is 19.1 Å². The summed E-state index contributed by atoms with van der Waals surface area (Å²) in [4.78, 5) is 0. The molecule has 0 saturated heterocycles. The van der Waals surface area contributed by atoms with E-state index in [9.17, 15) is 4.39 Å². The van der Waals surface area contributed by atoms with Crippen molar-refractivity contribution in [3.05, 3.63) is 35.6 Å². The fourth-order valence-electron chi connectivity index (χ4n) is 0.970. The number of rotatable bonds is 2. The molecule has 0 aromatic heterocycles. The summed E-state index contributed by atoms with van der Waals surface area (Å²) in [6.07, 6.45) is 1.84. The summed E-state index contributed by atoms with van der Waals surface area (Å²) in [5.74, 6) is -0.0793. The van der Waals surface area contributed by atoms with Gasteiger partial charge in [0.25, 0.3) is 0 Å². The quantitative estimate of drug-likeness (QED) is 0.589. The Kier molecular flexibility index (Phi) is 2.43. The average Bonchev–Trinajstić information content (AvgIpc) is 1.94. The van der Waals surface area contributed by atoms with Crippen molar-refractivity contribution < 1.29 is 4.39 Å². The Morgan fingerprint density at radius 3 is 2.60 bits per heavy atom. The zero-order valence-electron chi connectivity index (χ0n) is 6.10. The molecule has 1 aromatic carbocycles. The molecule has 0 aliphatic carbocycles. The van der Waals surface area contributed by atoms with E-state index in [1.165, 1.54) is 6.07 Å². The smallest absolute Gasteiger partial charge is 0.126 e. The van der Waals surface area contributed by atoms with E-state index in [4.69, 9.17) is 0 Å². The molecule has 0 aliphatic rings. The lowest BCUT2D eigenvalue weighted by Crippen LogP contribution is -1.86. The molecule has 1 heteroatoms. The Morgan fingerprint density at radius 1 is 1.30 bits per heavy atom. The molecule has 0 radical (unpaired) electrons. The lowest BCUT2D eigenvalue weighted by atomic mass is 10.1. The first kappa shape index (κ1) is 7.26. The zero-order valence-corrected chi connectivity index (χ0v) is 6.10. The van der Waals surface area contributed by atoms with Gasteiger partial charge in [0.1, 0.15) is 5.82 Å². The second kappa shape index (κ2) is 3.35. The maximum atomic E-state index is 12.8. The van der Waals surface area contributed by atoms with Crippen LogP contribution in [0.15, 0.2) is 24.3 Å². The van der Waals surface area contributed by atoms with Gasteiger partial charge in [-0.3, -0.25) is 0 Å². The van der Waals surface area contributed by atoms with E-state index < -0.39 is 0 Å². The van der Waals surface area contributed by atoms with E-state index in [2.05, 4.69) is 0 Å². The number of hydrogen-bond acceptors (Lipinski definition) is 0. The second-order valence-electron chi connectivity index (χ2n) is 2.34. The summed E-state index contributed by atoms with van der Waals surface area (Å²) in [5, 5.41) is 0. The van der Waals surface area contributed by atoms with Gasteiger partial charge >= 0.3 is 0 Å². The summed E-state index contributed by atoms with van der Waals surface area (Å²) < 4.78 is 12.8. The normalized spacial score (nSPS) is 9.80. The lowest BCUT2D eigenvalue weighted by molar-refractivity contribution is 0.607. The van der Waals surface area contributed by atoms with Gasteiger partial charge in [-0.25, -0.2) is 4.39 Å². The minimum absolute atomic E-state index is 0.0793. The van der Waals surface area contributed by atoms with Crippen molar-refractivity contribution in [2.45, 2.75) is 19.8 Å². The summed E-state index contributed by atoms with van der Waals surface area (Å²) >= 11 is 0. The van der Waals surface area contributed by atoms with Crippen LogP contribution in [0.25, 0.3) is 0 Å². The van der Waals surface area contributed by atoms with Crippen LogP contribution in [-0.4, -0.2) is 0 Å². The molecular formula is C9H11F. The maximum absolute atomic E-state index is 12.8. The molecule has 0 N–H and O–H groups in total. The Balaban J connectivity index is 2.81. The minimum Gasteiger partial charge on any atom is -0.207 e. The molecular weight excluding hydrogens is 127 g/mol. The first-order valence-corrected chi connectivity index (χ1v) is 3.58. The van der Waals surface area contributed by atoms with Crippen molar-refractivity contribution in [3.63, 3.8) is 0 Å². The van der Waals surface area contributed by atoms with E-state index in [1.54, 1.807) is 6.07 Å². The molecule has 1 aromatic rings. The molecule has 0 fully saturated rings. The highest BCUT2D eigenvalue weighted by molar-refractivity contribution is 5.16. The predicted molar refractivity (Wildman–Crippen MR) is 40.4 cm³/mol. The van der Waals surface area contributed by atoms with Gasteiger partial charge in [-0.1, -0.05) is 31.5 Å². The largest absolute Gasteiger partial charge is 0.207 e. The van der Waals surface area contributed by atoms with E-state index >= 15 is 0 Å². The molecule has 1 rings (SSSR count). The third-order valence-corrected chi connectivity index (χ3v) is 1.48. The minimum atomic E-state index is -0.0793. The standard InChI is InChI=1S/C9H11F/c1-2-5-8-6-3-4-7-9(8)10/h3-4,6-7H,2,5H2,1H3. The summed E-state index contributed by atoms with van der Waals surface area (Å²) in [6, 6.07) is 6.92. The van der Waals surface area contributed by atoms with Gasteiger partial charge in [0.2, 0.25) is 0 Å². The van der Waals surface area contributed by atoms with Crippen LogP contribution in [0.1, 0.15) is 18.9 Å². The van der Waals surface area contributed by atoms with Crippen molar-refractivity contribution >= 4 is 0 Å². The van der Waals surface area contributed by atoms with Crippen LogP contribution in [0.5, 0.6) is 0 Å². The van der Waals surface area contributed by atoms with Gasteiger partial charge < -0.3 is 0 Å². The first-order valence-electron chi connectivity index (χ1n) is 3.58. The Labute approximate surface area is 60.7 Å². The highest BCUT2D eigenvalue weighted by Gasteiger charge is 1.96. The van der Waals surface area contributed by atoms with E-state index in [0.29, 0.717) is 0 Å². The predicted octanol–water partition coefficient (Wildman–Crippen LogP) is 2.78. The lowest BCUT2D eigenvalue weighted by Gasteiger charge is -1.97. The van der Waals surface area contributed by atoms with Crippen LogP contribution in [0.4, 0.5) is 4.39 Å². The topological polar surface area (TPSA) is 0 Å². The summed E-state index contributed by atoms with van der Waals surface area (Å²) in [7, 11) is 0. The van der Waals surface area contributed by atoms with Crippen LogP contribution in [0, 0.1) is 5.82 Å².